The van der Waals surface area contributed by atoms with E-state index in [-0.39, 0.29) is 0 Å². The zero-order valence-corrected chi connectivity index (χ0v) is 13.0. The molecule has 1 aromatic carbocycles. The molecule has 0 aliphatic rings. The van der Waals surface area contributed by atoms with Gasteiger partial charge in [0.2, 0.25) is 0 Å². The van der Waals surface area contributed by atoms with E-state index in [4.69, 9.17) is 4.99 Å². The van der Waals surface area contributed by atoms with Crippen molar-refractivity contribution in [3.63, 3.8) is 0 Å². The van der Waals surface area contributed by atoms with E-state index in [1.165, 1.54) is 29.7 Å². The smallest absolute Gasteiger partial charge is 0.190 e. The predicted molar refractivity (Wildman–Crippen MR) is 83.1 cm³/mol. The van der Waals surface area contributed by atoms with Gasteiger partial charge in [-0.1, -0.05) is 19.4 Å². The number of thiazole rings is 1. The van der Waals surface area contributed by atoms with Gasteiger partial charge >= 0.3 is 0 Å². The van der Waals surface area contributed by atoms with Crippen molar-refractivity contribution in [2.75, 3.05) is 0 Å². The number of benzene rings is 1. The fourth-order valence-electron chi connectivity index (χ4n) is 2.22. The maximum atomic E-state index is 4.82. The molecule has 102 valence electrons. The number of nitrogens with zero attached hydrogens (tertiary/aromatic N) is 2. The summed E-state index contributed by atoms with van der Waals surface area (Å²) in [6.45, 7) is 9.69. The highest BCUT2D eigenvalue weighted by Gasteiger charge is 2.01. The second kappa shape index (κ2) is 6.20. The van der Waals surface area contributed by atoms with E-state index in [2.05, 4.69) is 55.8 Å². The van der Waals surface area contributed by atoms with Gasteiger partial charge in [0, 0.05) is 17.6 Å². The Kier molecular flexibility index (Phi) is 4.59. The lowest BCUT2D eigenvalue weighted by atomic mass is 10.1. The number of hydrogen-bond donors (Lipinski definition) is 0. The second-order valence-corrected chi connectivity index (χ2v) is 5.96. The zero-order valence-electron chi connectivity index (χ0n) is 12.2. The monoisotopic (exact) mass is 274 g/mol. The van der Waals surface area contributed by atoms with E-state index in [1.54, 1.807) is 11.3 Å². The highest BCUT2D eigenvalue weighted by molar-refractivity contribution is 7.07. The van der Waals surface area contributed by atoms with E-state index < -0.39 is 0 Å². The van der Waals surface area contributed by atoms with Crippen LogP contribution in [0.25, 0.3) is 0 Å². The van der Waals surface area contributed by atoms with Gasteiger partial charge in [0.15, 0.2) is 4.80 Å². The lowest BCUT2D eigenvalue weighted by Crippen LogP contribution is -2.16. The largest absolute Gasteiger partial charge is 0.321 e. The third kappa shape index (κ3) is 3.57. The van der Waals surface area contributed by atoms with Crippen LogP contribution in [0, 0.1) is 20.8 Å². The number of unbranched alkanes of at least 4 members (excludes halogenated alkanes) is 1. The summed E-state index contributed by atoms with van der Waals surface area (Å²) in [6, 6.07) is 6.47. The van der Waals surface area contributed by atoms with Gasteiger partial charge in [0.05, 0.1) is 5.69 Å². The third-order valence-corrected chi connectivity index (χ3v) is 4.14. The van der Waals surface area contributed by atoms with Crippen LogP contribution in [0.2, 0.25) is 0 Å². The predicted octanol–water partition coefficient (Wildman–Crippen LogP) is 4.51. The normalized spacial score (nSPS) is 12.1. The van der Waals surface area contributed by atoms with Crippen LogP contribution in [0.1, 0.15) is 36.6 Å². The van der Waals surface area contributed by atoms with Crippen molar-refractivity contribution >= 4 is 17.0 Å². The summed E-state index contributed by atoms with van der Waals surface area (Å²) in [5, 5.41) is 2.19. The Balaban J connectivity index is 2.42. The quantitative estimate of drug-likeness (QED) is 0.780. The topological polar surface area (TPSA) is 17.3 Å². The molecule has 2 aromatic rings. The Labute approximate surface area is 119 Å². The van der Waals surface area contributed by atoms with Crippen LogP contribution < -0.4 is 4.80 Å². The van der Waals surface area contributed by atoms with E-state index >= 15 is 0 Å². The molecule has 2 nitrogen and oxygen atoms in total. The van der Waals surface area contributed by atoms with Crippen LogP contribution in [0.4, 0.5) is 5.69 Å². The number of rotatable bonds is 4. The summed E-state index contributed by atoms with van der Waals surface area (Å²) in [5.41, 5.74) is 4.91. The van der Waals surface area contributed by atoms with Crippen molar-refractivity contribution in [2.45, 2.75) is 47.1 Å². The van der Waals surface area contributed by atoms with Gasteiger partial charge in [-0.25, -0.2) is 4.99 Å². The van der Waals surface area contributed by atoms with Gasteiger partial charge in [-0.05, 0) is 50.5 Å². The Morgan fingerprint density at radius 2 is 1.79 bits per heavy atom. The van der Waals surface area contributed by atoms with Crippen LogP contribution in [0.5, 0.6) is 0 Å². The summed E-state index contributed by atoms with van der Waals surface area (Å²) in [4.78, 5) is 5.93. The van der Waals surface area contributed by atoms with Crippen LogP contribution in [-0.4, -0.2) is 4.57 Å². The highest BCUT2D eigenvalue weighted by Crippen LogP contribution is 2.16. The minimum absolute atomic E-state index is 1.06. The molecule has 0 atom stereocenters. The summed E-state index contributed by atoms with van der Waals surface area (Å²) >= 11 is 1.73. The van der Waals surface area contributed by atoms with Crippen molar-refractivity contribution in [3.05, 3.63) is 45.2 Å². The molecule has 0 radical (unpaired) electrons. The van der Waals surface area contributed by atoms with Gasteiger partial charge in [-0.2, -0.15) is 0 Å². The summed E-state index contributed by atoms with van der Waals surface area (Å²) in [5.74, 6) is 0. The maximum Gasteiger partial charge on any atom is 0.190 e. The van der Waals surface area contributed by atoms with Crippen LogP contribution >= 0.6 is 11.3 Å². The molecule has 0 amide bonds. The molecule has 0 saturated carbocycles. The number of hydrogen-bond acceptors (Lipinski definition) is 2. The molecule has 3 heteroatoms. The lowest BCUT2D eigenvalue weighted by molar-refractivity contribution is 0.605. The summed E-state index contributed by atoms with van der Waals surface area (Å²) in [6.07, 6.45) is 2.42. The van der Waals surface area contributed by atoms with Gasteiger partial charge in [0.1, 0.15) is 0 Å². The Morgan fingerprint density at radius 1 is 1.11 bits per heavy atom. The molecular weight excluding hydrogens is 252 g/mol. The van der Waals surface area contributed by atoms with Crippen molar-refractivity contribution in [1.82, 2.24) is 4.57 Å². The average molecular weight is 274 g/mol. The van der Waals surface area contributed by atoms with E-state index in [0.717, 1.165) is 17.0 Å². The maximum absolute atomic E-state index is 4.82. The molecule has 0 spiro atoms. The van der Waals surface area contributed by atoms with Crippen LogP contribution in [0.15, 0.2) is 28.6 Å². The van der Waals surface area contributed by atoms with Crippen molar-refractivity contribution in [2.24, 2.45) is 4.99 Å². The number of aromatic nitrogens is 1. The molecule has 1 heterocycles. The van der Waals surface area contributed by atoms with E-state index in [9.17, 15) is 0 Å². The van der Waals surface area contributed by atoms with Crippen LogP contribution in [-0.2, 0) is 6.54 Å². The molecule has 0 unspecified atom stereocenters. The summed E-state index contributed by atoms with van der Waals surface area (Å²) in [7, 11) is 0. The lowest BCUT2D eigenvalue weighted by Gasteiger charge is -2.05. The highest BCUT2D eigenvalue weighted by atomic mass is 32.1. The van der Waals surface area contributed by atoms with Gasteiger partial charge in [-0.15, -0.1) is 11.3 Å². The first-order valence-electron chi connectivity index (χ1n) is 6.88. The first-order valence-corrected chi connectivity index (χ1v) is 7.76. The minimum atomic E-state index is 1.06. The second-order valence-electron chi connectivity index (χ2n) is 5.12. The molecular formula is C16H22N2S. The Hall–Kier alpha value is -1.35. The first kappa shape index (κ1) is 14.1. The summed E-state index contributed by atoms with van der Waals surface area (Å²) < 4.78 is 2.33. The zero-order chi connectivity index (χ0) is 13.8. The fourth-order valence-corrected chi connectivity index (χ4v) is 3.14. The average Bonchev–Trinajstić information content (AvgIpc) is 2.66. The van der Waals surface area contributed by atoms with E-state index in [0.29, 0.717) is 0 Å². The molecule has 0 bridgehead atoms. The molecule has 2 rings (SSSR count). The molecule has 0 N–H and O–H groups in total. The molecule has 0 saturated heterocycles. The standard InChI is InChI=1S/C16H22N2S/c1-5-6-7-18-14(4)11-19-16(18)17-15-9-12(2)8-13(3)10-15/h8-11H,5-7H2,1-4H3. The van der Waals surface area contributed by atoms with Gasteiger partial charge < -0.3 is 4.57 Å². The molecule has 0 aliphatic heterocycles. The molecule has 0 aliphatic carbocycles. The van der Waals surface area contributed by atoms with Crippen molar-refractivity contribution < 1.29 is 0 Å². The Bertz CT molecular complexity index is 600. The SMILES string of the molecule is CCCCn1c(C)csc1=Nc1cc(C)cc(C)c1. The van der Waals surface area contributed by atoms with Crippen molar-refractivity contribution in [1.29, 1.82) is 0 Å². The minimum Gasteiger partial charge on any atom is -0.321 e. The molecule has 0 fully saturated rings. The van der Waals surface area contributed by atoms with Crippen LogP contribution in [0.3, 0.4) is 0 Å². The third-order valence-electron chi connectivity index (χ3n) is 3.16. The molecule has 1 aromatic heterocycles. The van der Waals surface area contributed by atoms with E-state index in [1.807, 2.05) is 0 Å². The van der Waals surface area contributed by atoms with Crippen molar-refractivity contribution in [3.8, 4) is 0 Å². The molecule has 19 heavy (non-hydrogen) atoms. The van der Waals surface area contributed by atoms with Gasteiger partial charge in [0.25, 0.3) is 0 Å². The fraction of sp³-hybridized carbons (Fsp3) is 0.438. The van der Waals surface area contributed by atoms with Gasteiger partial charge in [-0.3, -0.25) is 0 Å². The first-order chi connectivity index (χ1) is 9.10. The number of aryl methyl sites for hydroxylation is 3. The Morgan fingerprint density at radius 3 is 2.42 bits per heavy atom.